The second-order valence-corrected chi connectivity index (χ2v) is 5.97. The van der Waals surface area contributed by atoms with Gasteiger partial charge in [0.05, 0.1) is 6.61 Å². The SMILES string of the molecule is CCCCOc1ccc(/C=C/C(=O)Nc2cc(C)cc(C)c2)cc1. The van der Waals surface area contributed by atoms with Gasteiger partial charge in [0.1, 0.15) is 5.75 Å². The Labute approximate surface area is 144 Å². The third-order valence-electron chi connectivity index (χ3n) is 3.56. The van der Waals surface area contributed by atoms with E-state index in [1.54, 1.807) is 12.2 Å². The molecule has 0 aliphatic carbocycles. The maximum Gasteiger partial charge on any atom is 0.248 e. The maximum absolute atomic E-state index is 12.0. The molecule has 1 N–H and O–H groups in total. The standard InChI is InChI=1S/C21H25NO2/c1-4-5-12-24-20-9-6-18(7-10-20)8-11-21(23)22-19-14-16(2)13-17(3)15-19/h6-11,13-15H,4-5,12H2,1-3H3,(H,22,23)/b11-8+. The average Bonchev–Trinajstić information content (AvgIpc) is 2.53. The van der Waals surface area contributed by atoms with Crippen molar-refractivity contribution in [1.29, 1.82) is 0 Å². The highest BCUT2D eigenvalue weighted by molar-refractivity contribution is 6.02. The van der Waals surface area contributed by atoms with Crippen LogP contribution >= 0.6 is 0 Å². The Balaban J connectivity index is 1.91. The van der Waals surface area contributed by atoms with E-state index in [0.717, 1.165) is 47.6 Å². The number of amides is 1. The molecule has 0 aromatic heterocycles. The van der Waals surface area contributed by atoms with Crippen molar-refractivity contribution < 1.29 is 9.53 Å². The fourth-order valence-electron chi connectivity index (χ4n) is 2.41. The Morgan fingerprint density at radius 2 is 1.75 bits per heavy atom. The molecule has 2 aromatic carbocycles. The summed E-state index contributed by atoms with van der Waals surface area (Å²) in [6.07, 6.45) is 5.52. The van der Waals surface area contributed by atoms with Gasteiger partial charge in [-0.2, -0.15) is 0 Å². The second kappa shape index (κ2) is 8.92. The van der Waals surface area contributed by atoms with Gasteiger partial charge >= 0.3 is 0 Å². The van der Waals surface area contributed by atoms with E-state index in [9.17, 15) is 4.79 Å². The largest absolute Gasteiger partial charge is 0.494 e. The first-order valence-electron chi connectivity index (χ1n) is 8.37. The molecular weight excluding hydrogens is 298 g/mol. The lowest BCUT2D eigenvalue weighted by molar-refractivity contribution is -0.111. The van der Waals surface area contributed by atoms with Gasteiger partial charge in [-0.15, -0.1) is 0 Å². The quantitative estimate of drug-likeness (QED) is 0.566. The van der Waals surface area contributed by atoms with Crippen LogP contribution in [0.1, 0.15) is 36.5 Å². The molecule has 0 radical (unpaired) electrons. The predicted molar refractivity (Wildman–Crippen MR) is 100 cm³/mol. The highest BCUT2D eigenvalue weighted by atomic mass is 16.5. The number of ether oxygens (including phenoxy) is 1. The zero-order valence-electron chi connectivity index (χ0n) is 14.6. The summed E-state index contributed by atoms with van der Waals surface area (Å²) in [5.41, 5.74) is 4.05. The summed E-state index contributed by atoms with van der Waals surface area (Å²) in [5, 5.41) is 2.89. The van der Waals surface area contributed by atoms with E-state index in [4.69, 9.17) is 4.74 Å². The van der Waals surface area contributed by atoms with Gasteiger partial charge < -0.3 is 10.1 Å². The van der Waals surface area contributed by atoms with Crippen molar-refractivity contribution in [3.8, 4) is 5.75 Å². The summed E-state index contributed by atoms with van der Waals surface area (Å²) in [4.78, 5) is 12.0. The van der Waals surface area contributed by atoms with Crippen LogP contribution in [0, 0.1) is 13.8 Å². The summed E-state index contributed by atoms with van der Waals surface area (Å²) in [6, 6.07) is 13.7. The van der Waals surface area contributed by atoms with Crippen LogP contribution in [0.25, 0.3) is 6.08 Å². The molecule has 0 atom stereocenters. The zero-order chi connectivity index (χ0) is 17.4. The molecule has 0 spiro atoms. The van der Waals surface area contributed by atoms with Crippen LogP contribution in [-0.2, 0) is 4.79 Å². The molecule has 2 aromatic rings. The molecule has 0 fully saturated rings. The highest BCUT2D eigenvalue weighted by Crippen LogP contribution is 2.15. The molecule has 3 nitrogen and oxygen atoms in total. The van der Waals surface area contributed by atoms with Gasteiger partial charge in [-0.25, -0.2) is 0 Å². The van der Waals surface area contributed by atoms with E-state index in [0.29, 0.717) is 0 Å². The molecule has 0 heterocycles. The van der Waals surface area contributed by atoms with Crippen molar-refractivity contribution in [2.45, 2.75) is 33.6 Å². The fourth-order valence-corrected chi connectivity index (χ4v) is 2.41. The number of unbranched alkanes of at least 4 members (excludes halogenated alkanes) is 1. The van der Waals surface area contributed by atoms with Crippen LogP contribution < -0.4 is 10.1 Å². The zero-order valence-corrected chi connectivity index (χ0v) is 14.6. The van der Waals surface area contributed by atoms with Crippen LogP contribution in [0.3, 0.4) is 0 Å². The topological polar surface area (TPSA) is 38.3 Å². The Bertz CT molecular complexity index is 682. The molecule has 0 saturated carbocycles. The molecule has 0 bridgehead atoms. The highest BCUT2D eigenvalue weighted by Gasteiger charge is 2.00. The minimum atomic E-state index is -0.136. The minimum Gasteiger partial charge on any atom is -0.494 e. The molecular formula is C21H25NO2. The molecule has 1 amide bonds. The minimum absolute atomic E-state index is 0.136. The monoisotopic (exact) mass is 323 g/mol. The van der Waals surface area contributed by atoms with Crippen LogP contribution in [0.4, 0.5) is 5.69 Å². The normalized spacial score (nSPS) is 10.8. The van der Waals surface area contributed by atoms with E-state index in [2.05, 4.69) is 18.3 Å². The van der Waals surface area contributed by atoms with Gasteiger partial charge in [0.15, 0.2) is 0 Å². The first kappa shape index (κ1) is 17.8. The predicted octanol–water partition coefficient (Wildman–Crippen LogP) is 5.13. The van der Waals surface area contributed by atoms with Crippen LogP contribution in [0.5, 0.6) is 5.75 Å². The van der Waals surface area contributed by atoms with Gasteiger partial charge in [0, 0.05) is 11.8 Å². The first-order valence-corrected chi connectivity index (χ1v) is 8.37. The smallest absolute Gasteiger partial charge is 0.248 e. The van der Waals surface area contributed by atoms with Crippen molar-refractivity contribution in [3.63, 3.8) is 0 Å². The Kier molecular flexibility index (Phi) is 6.62. The number of nitrogens with one attached hydrogen (secondary N) is 1. The van der Waals surface area contributed by atoms with Gasteiger partial charge in [-0.3, -0.25) is 4.79 Å². The molecule has 0 saturated heterocycles. The third kappa shape index (κ3) is 5.92. The van der Waals surface area contributed by atoms with Gasteiger partial charge in [-0.1, -0.05) is 31.5 Å². The lowest BCUT2D eigenvalue weighted by atomic mass is 10.1. The third-order valence-corrected chi connectivity index (χ3v) is 3.56. The van der Waals surface area contributed by atoms with Crippen LogP contribution in [0.15, 0.2) is 48.5 Å². The number of carbonyl (C=O) groups is 1. The van der Waals surface area contributed by atoms with Gasteiger partial charge in [0.25, 0.3) is 0 Å². The molecule has 126 valence electrons. The van der Waals surface area contributed by atoms with Gasteiger partial charge in [-0.05, 0) is 67.3 Å². The molecule has 0 unspecified atom stereocenters. The maximum atomic E-state index is 12.0. The van der Waals surface area contributed by atoms with Gasteiger partial charge in [0.2, 0.25) is 5.91 Å². The van der Waals surface area contributed by atoms with E-state index in [1.165, 1.54) is 0 Å². The summed E-state index contributed by atoms with van der Waals surface area (Å²) < 4.78 is 5.62. The summed E-state index contributed by atoms with van der Waals surface area (Å²) in [7, 11) is 0. The number of carbonyl (C=O) groups excluding carboxylic acids is 1. The Hall–Kier alpha value is -2.55. The number of anilines is 1. The van der Waals surface area contributed by atoms with E-state index < -0.39 is 0 Å². The molecule has 0 aliphatic heterocycles. The van der Waals surface area contributed by atoms with Crippen molar-refractivity contribution in [1.82, 2.24) is 0 Å². The van der Waals surface area contributed by atoms with Crippen LogP contribution in [0.2, 0.25) is 0 Å². The molecule has 3 heteroatoms. The summed E-state index contributed by atoms with van der Waals surface area (Å²) >= 11 is 0. The number of aryl methyl sites for hydroxylation is 2. The molecule has 24 heavy (non-hydrogen) atoms. The molecule has 0 aliphatic rings. The summed E-state index contributed by atoms with van der Waals surface area (Å²) in [5.74, 6) is 0.726. The number of hydrogen-bond acceptors (Lipinski definition) is 2. The molecule has 2 rings (SSSR count). The van der Waals surface area contributed by atoms with E-state index in [1.807, 2.05) is 50.2 Å². The second-order valence-electron chi connectivity index (χ2n) is 5.97. The lowest BCUT2D eigenvalue weighted by Gasteiger charge is -2.06. The van der Waals surface area contributed by atoms with Crippen LogP contribution in [-0.4, -0.2) is 12.5 Å². The number of benzene rings is 2. The first-order chi connectivity index (χ1) is 11.6. The number of hydrogen-bond donors (Lipinski definition) is 1. The van der Waals surface area contributed by atoms with Crippen molar-refractivity contribution in [2.75, 3.05) is 11.9 Å². The van der Waals surface area contributed by atoms with Crippen molar-refractivity contribution in [3.05, 3.63) is 65.2 Å². The van der Waals surface area contributed by atoms with E-state index in [-0.39, 0.29) is 5.91 Å². The number of rotatable bonds is 7. The Morgan fingerprint density at radius 1 is 1.08 bits per heavy atom. The summed E-state index contributed by atoms with van der Waals surface area (Å²) in [6.45, 7) is 6.91. The van der Waals surface area contributed by atoms with Crippen molar-refractivity contribution in [2.24, 2.45) is 0 Å². The average molecular weight is 323 g/mol. The lowest BCUT2D eigenvalue weighted by Crippen LogP contribution is -2.08. The fraction of sp³-hybridized carbons (Fsp3) is 0.286. The van der Waals surface area contributed by atoms with E-state index >= 15 is 0 Å². The Morgan fingerprint density at radius 3 is 2.38 bits per heavy atom. The van der Waals surface area contributed by atoms with Crippen molar-refractivity contribution >= 4 is 17.7 Å².